The quantitative estimate of drug-likeness (QED) is 0.102. The molecule has 10 nitrogen and oxygen atoms in total. The first-order valence-corrected chi connectivity index (χ1v) is 19.9. The Bertz CT molecular complexity index is 1970. The number of ketones is 1. The first-order valence-electron chi connectivity index (χ1n) is 16.6. The molecule has 0 aliphatic rings. The van der Waals surface area contributed by atoms with Gasteiger partial charge in [0.15, 0.2) is 5.78 Å². The zero-order chi connectivity index (χ0) is 36.4. The number of rotatable bonds is 17. The molecule has 2 N–H and O–H groups in total. The van der Waals surface area contributed by atoms with E-state index in [1.165, 1.54) is 34.5 Å². The Kier molecular flexibility index (Phi) is 13.4. The lowest BCUT2D eigenvalue weighted by atomic mass is 9.82. The van der Waals surface area contributed by atoms with Crippen molar-refractivity contribution in [3.63, 3.8) is 0 Å². The van der Waals surface area contributed by atoms with Gasteiger partial charge in [0.2, 0.25) is 10.0 Å². The molecule has 13 heteroatoms. The van der Waals surface area contributed by atoms with Gasteiger partial charge in [0, 0.05) is 41.9 Å². The van der Waals surface area contributed by atoms with E-state index in [1.54, 1.807) is 42.2 Å². The number of thioether (sulfide) groups is 1. The lowest BCUT2D eigenvalue weighted by molar-refractivity contribution is -0.120. The maximum Gasteiger partial charge on any atom is 0.407 e. The molecule has 0 spiro atoms. The van der Waals surface area contributed by atoms with Gasteiger partial charge in [-0.25, -0.2) is 18.2 Å². The number of hydrogen-bond acceptors (Lipinski definition) is 10. The van der Waals surface area contributed by atoms with E-state index in [0.29, 0.717) is 12.0 Å². The van der Waals surface area contributed by atoms with Crippen molar-refractivity contribution in [1.29, 1.82) is 0 Å². The van der Waals surface area contributed by atoms with Crippen LogP contribution in [0.15, 0.2) is 113 Å². The molecule has 1 amide bonds. The zero-order valence-electron chi connectivity index (χ0n) is 28.7. The highest BCUT2D eigenvalue weighted by atomic mass is 32.2. The highest BCUT2D eigenvalue weighted by Crippen LogP contribution is 2.32. The smallest absolute Gasteiger partial charge is 0.407 e. The van der Waals surface area contributed by atoms with Crippen LogP contribution in [0.2, 0.25) is 0 Å². The van der Waals surface area contributed by atoms with Crippen LogP contribution in [0.4, 0.5) is 4.79 Å². The number of methoxy groups -OCH3 is 1. The number of aromatic nitrogens is 2. The number of ether oxygens (including phenoxy) is 1. The van der Waals surface area contributed by atoms with Crippen LogP contribution < -0.4 is 5.32 Å². The van der Waals surface area contributed by atoms with E-state index in [1.807, 2.05) is 74.5 Å². The number of pyridine rings is 1. The second kappa shape index (κ2) is 17.9. The largest absolute Gasteiger partial charge is 0.453 e. The third-order valence-electron chi connectivity index (χ3n) is 8.57. The fourth-order valence-electron chi connectivity index (χ4n) is 5.85. The zero-order valence-corrected chi connectivity index (χ0v) is 31.2. The van der Waals surface area contributed by atoms with Crippen LogP contribution in [-0.4, -0.2) is 77.8 Å². The summed E-state index contributed by atoms with van der Waals surface area (Å²) in [4.78, 5) is 36.3. The maximum atomic E-state index is 14.3. The standard InChI is InChI=1S/C38H42N4O6S3/c1-26(2)17-19-42(51(46,47)31-14-15-32-35(21-31)50-25-40-32)30(23-43)24-49-34-16-18-39-22-29(34)20-33(44)37(41-38(45)48-3)36(27-10-6-4-7-11-27)28-12-8-5-9-13-28/h4-16,18,21-22,25-26,30,36-37,43H,17,19-20,23-24H2,1-3H3,(H,41,45)/t30-,37-/m1/s1. The van der Waals surface area contributed by atoms with Crippen LogP contribution in [0.5, 0.6) is 0 Å². The summed E-state index contributed by atoms with van der Waals surface area (Å²) in [6.45, 7) is 3.89. The summed E-state index contributed by atoms with van der Waals surface area (Å²) < 4.78 is 35.3. The topological polar surface area (TPSA) is 139 Å². The van der Waals surface area contributed by atoms with E-state index in [9.17, 15) is 23.1 Å². The fraction of sp³-hybridized carbons (Fsp3) is 0.316. The number of carbonyl (C=O) groups is 2. The molecule has 5 rings (SSSR count). The Hall–Kier alpha value is -4.14. The van der Waals surface area contributed by atoms with Gasteiger partial charge in [-0.3, -0.25) is 9.78 Å². The average molecular weight is 747 g/mol. The van der Waals surface area contributed by atoms with E-state index >= 15 is 0 Å². The van der Waals surface area contributed by atoms with Gasteiger partial charge in [-0.2, -0.15) is 4.31 Å². The van der Waals surface area contributed by atoms with Crippen molar-refractivity contribution in [2.24, 2.45) is 5.92 Å². The molecule has 5 aromatic rings. The molecule has 0 aliphatic heterocycles. The number of alkyl carbamates (subject to hydrolysis) is 1. The second-order valence-electron chi connectivity index (χ2n) is 12.5. The van der Waals surface area contributed by atoms with Crippen molar-refractivity contribution < 1.29 is 27.9 Å². The molecular weight excluding hydrogens is 705 g/mol. The Morgan fingerprint density at radius 1 is 1.00 bits per heavy atom. The van der Waals surface area contributed by atoms with Crippen molar-refractivity contribution in [1.82, 2.24) is 19.6 Å². The Balaban J connectivity index is 1.41. The number of thiazole rings is 1. The van der Waals surface area contributed by atoms with Crippen LogP contribution in [0.1, 0.15) is 42.9 Å². The van der Waals surface area contributed by atoms with E-state index in [2.05, 4.69) is 15.3 Å². The molecule has 0 saturated carbocycles. The third kappa shape index (κ3) is 9.60. The van der Waals surface area contributed by atoms with E-state index in [-0.39, 0.29) is 35.3 Å². The van der Waals surface area contributed by atoms with Gasteiger partial charge < -0.3 is 15.2 Å². The van der Waals surface area contributed by atoms with Crippen LogP contribution in [0, 0.1) is 5.92 Å². The summed E-state index contributed by atoms with van der Waals surface area (Å²) >= 11 is 2.72. The molecule has 2 heterocycles. The SMILES string of the molecule is COC(=O)N[C@H](C(=O)Cc1cnccc1SC[C@@H](CO)N(CCC(C)C)S(=O)(=O)c1ccc2ncsc2c1)C(c1ccccc1)c1ccccc1. The molecule has 0 unspecified atom stereocenters. The van der Waals surface area contributed by atoms with Crippen LogP contribution in [0.3, 0.4) is 0 Å². The first-order chi connectivity index (χ1) is 24.6. The van der Waals surface area contributed by atoms with Gasteiger partial charge in [-0.05, 0) is 53.3 Å². The molecule has 3 aromatic carbocycles. The van der Waals surface area contributed by atoms with Crippen molar-refractivity contribution in [2.75, 3.05) is 26.0 Å². The molecule has 0 aliphatic carbocycles. The van der Waals surface area contributed by atoms with Crippen LogP contribution in [0.25, 0.3) is 10.2 Å². The molecule has 268 valence electrons. The van der Waals surface area contributed by atoms with Crippen molar-refractivity contribution in [3.05, 3.63) is 120 Å². The molecular formula is C38H42N4O6S3. The Morgan fingerprint density at radius 3 is 2.31 bits per heavy atom. The minimum Gasteiger partial charge on any atom is -0.453 e. The van der Waals surface area contributed by atoms with E-state index in [0.717, 1.165) is 26.2 Å². The molecule has 2 aromatic heterocycles. The van der Waals surface area contributed by atoms with Gasteiger partial charge in [-0.1, -0.05) is 74.5 Å². The first kappa shape index (κ1) is 38.1. The highest BCUT2D eigenvalue weighted by Gasteiger charge is 2.34. The lowest BCUT2D eigenvalue weighted by Gasteiger charge is -2.30. The summed E-state index contributed by atoms with van der Waals surface area (Å²) in [6.07, 6.45) is 3.05. The number of carbonyl (C=O) groups excluding carboxylic acids is 2. The number of aliphatic hydroxyl groups excluding tert-OH is 1. The lowest BCUT2D eigenvalue weighted by Crippen LogP contribution is -2.46. The summed E-state index contributed by atoms with van der Waals surface area (Å²) in [7, 11) is -2.72. The number of sulfonamides is 1. The Labute approximate surface area is 307 Å². The van der Waals surface area contributed by atoms with E-state index < -0.39 is 40.7 Å². The van der Waals surface area contributed by atoms with E-state index in [4.69, 9.17) is 4.74 Å². The summed E-state index contributed by atoms with van der Waals surface area (Å²) in [5.41, 5.74) is 4.72. The van der Waals surface area contributed by atoms with Crippen molar-refractivity contribution >= 4 is 55.2 Å². The number of nitrogens with one attached hydrogen (secondary N) is 1. The third-order valence-corrected chi connectivity index (χ3v) is 12.6. The molecule has 51 heavy (non-hydrogen) atoms. The molecule has 0 radical (unpaired) electrons. The highest BCUT2D eigenvalue weighted by molar-refractivity contribution is 7.99. The van der Waals surface area contributed by atoms with Gasteiger partial charge >= 0.3 is 6.09 Å². The van der Waals surface area contributed by atoms with Crippen molar-refractivity contribution in [2.45, 2.75) is 54.5 Å². The summed E-state index contributed by atoms with van der Waals surface area (Å²) in [5.74, 6) is -0.304. The van der Waals surface area contributed by atoms with Gasteiger partial charge in [0.25, 0.3) is 0 Å². The molecule has 0 saturated heterocycles. The minimum atomic E-state index is -3.98. The summed E-state index contributed by atoms with van der Waals surface area (Å²) in [6, 6.07) is 24.0. The predicted octanol–water partition coefficient (Wildman–Crippen LogP) is 6.55. The number of fused-ring (bicyclic) bond motifs is 1. The molecule has 0 fully saturated rings. The number of benzene rings is 3. The van der Waals surface area contributed by atoms with Crippen LogP contribution in [-0.2, 0) is 26.0 Å². The monoisotopic (exact) mass is 746 g/mol. The average Bonchev–Trinajstić information content (AvgIpc) is 3.62. The second-order valence-corrected chi connectivity index (χ2v) is 16.3. The fourth-order valence-corrected chi connectivity index (χ4v) is 9.51. The normalized spacial score (nSPS) is 13.1. The van der Waals surface area contributed by atoms with Gasteiger partial charge in [-0.15, -0.1) is 23.1 Å². The van der Waals surface area contributed by atoms with Gasteiger partial charge in [0.05, 0.1) is 40.4 Å². The maximum absolute atomic E-state index is 14.3. The van der Waals surface area contributed by atoms with Gasteiger partial charge in [0.1, 0.15) is 6.04 Å². The van der Waals surface area contributed by atoms with Crippen LogP contribution >= 0.6 is 23.1 Å². The molecule has 2 atom stereocenters. The number of hydrogen-bond donors (Lipinski definition) is 2. The predicted molar refractivity (Wildman–Crippen MR) is 202 cm³/mol. The minimum absolute atomic E-state index is 0.0605. The molecule has 0 bridgehead atoms. The summed E-state index contributed by atoms with van der Waals surface area (Å²) in [5, 5.41) is 13.4. The van der Waals surface area contributed by atoms with Crippen molar-refractivity contribution in [3.8, 4) is 0 Å². The number of Topliss-reactive ketones (excluding diaryl/α,β-unsaturated/α-hetero) is 1. The number of aliphatic hydroxyl groups is 1. The number of nitrogens with zero attached hydrogens (tertiary/aromatic N) is 3. The number of amides is 1. The Morgan fingerprint density at radius 2 is 1.69 bits per heavy atom.